The fraction of sp³-hybridized carbons (Fsp3) is 0.333. The summed E-state index contributed by atoms with van der Waals surface area (Å²) in [6, 6.07) is 23.8. The Morgan fingerprint density at radius 3 is 1.24 bits per heavy atom. The molecule has 12 heteroatoms. The van der Waals surface area contributed by atoms with E-state index in [1.807, 2.05) is 90.1 Å². The maximum atomic E-state index is 14.2. The van der Waals surface area contributed by atoms with Crippen molar-refractivity contribution in [2.24, 2.45) is 0 Å². The molecule has 0 radical (unpaired) electrons. The van der Waals surface area contributed by atoms with Crippen LogP contribution in [0.2, 0.25) is 0 Å². The summed E-state index contributed by atoms with van der Waals surface area (Å²) in [7, 11) is -3.63. The van der Waals surface area contributed by atoms with Gasteiger partial charge in [-0.3, -0.25) is 13.6 Å². The molecule has 7 heterocycles. The summed E-state index contributed by atoms with van der Waals surface area (Å²) in [5, 5.41) is 19.5. The third kappa shape index (κ3) is 10.1. The van der Waals surface area contributed by atoms with Gasteiger partial charge in [0.2, 0.25) is 0 Å². The molecule has 0 aliphatic carbocycles. The first-order valence-corrected chi connectivity index (χ1v) is 23.1. The second kappa shape index (κ2) is 17.5. The highest BCUT2D eigenvalue weighted by Gasteiger charge is 2.37. The summed E-state index contributed by atoms with van der Waals surface area (Å²) in [5.41, 5.74) is 15.0. The van der Waals surface area contributed by atoms with Crippen LogP contribution in [-0.4, -0.2) is 51.3 Å². The van der Waals surface area contributed by atoms with E-state index in [-0.39, 0.29) is 5.92 Å². The van der Waals surface area contributed by atoms with Gasteiger partial charge in [-0.1, -0.05) is 19.1 Å². The van der Waals surface area contributed by atoms with Gasteiger partial charge in [-0.2, -0.15) is 0 Å². The smallest absolute Gasteiger partial charge is 0.362 e. The predicted molar refractivity (Wildman–Crippen MR) is 258 cm³/mol. The molecule has 63 heavy (non-hydrogen) atoms. The Hall–Kier alpha value is -5.55. The summed E-state index contributed by atoms with van der Waals surface area (Å²) < 4.78 is 26.4. The van der Waals surface area contributed by atoms with Gasteiger partial charge in [-0.05, 0) is 178 Å². The van der Waals surface area contributed by atoms with Crippen LogP contribution in [0.3, 0.4) is 0 Å². The largest absolute Gasteiger partial charge is 0.387 e. The number of hydrogen-bond donors (Lipinski definition) is 6. The molecular weight excluding hydrogens is 808 g/mol. The minimum atomic E-state index is -3.63. The van der Waals surface area contributed by atoms with Crippen molar-refractivity contribution in [3.63, 3.8) is 0 Å². The molecule has 0 saturated heterocycles. The summed E-state index contributed by atoms with van der Waals surface area (Å²) >= 11 is 0. The van der Waals surface area contributed by atoms with E-state index >= 15 is 0 Å². The zero-order chi connectivity index (χ0) is 45.6. The van der Waals surface area contributed by atoms with Crippen molar-refractivity contribution in [3.8, 4) is 11.1 Å². The second-order valence-corrected chi connectivity index (χ2v) is 20.4. The van der Waals surface area contributed by atoms with Crippen molar-refractivity contribution in [3.05, 3.63) is 135 Å². The zero-order valence-corrected chi connectivity index (χ0v) is 39.3. The highest BCUT2D eigenvalue weighted by atomic mass is 31.2. The average molecular weight is 869 g/mol. The highest BCUT2D eigenvalue weighted by Crippen LogP contribution is 2.53. The number of nitrogens with one attached hydrogen (secondary N) is 4. The lowest BCUT2D eigenvalue weighted by Crippen LogP contribution is -2.28. The number of aryl methyl sites for hydroxylation is 2. The molecule has 6 N–H and O–H groups in total. The van der Waals surface area contributed by atoms with Crippen LogP contribution in [0.5, 0.6) is 0 Å². The molecule has 2 atom stereocenters. The van der Waals surface area contributed by atoms with E-state index in [9.17, 15) is 14.8 Å². The van der Waals surface area contributed by atoms with Crippen LogP contribution in [0.25, 0.3) is 57.5 Å². The molecule has 0 amide bonds. The van der Waals surface area contributed by atoms with Crippen LogP contribution >= 0.6 is 7.60 Å². The number of aliphatic hydroxyl groups is 2. The van der Waals surface area contributed by atoms with Crippen LogP contribution < -0.4 is 5.30 Å². The molecule has 0 spiro atoms. The molecule has 0 saturated carbocycles. The van der Waals surface area contributed by atoms with Gasteiger partial charge in [-0.15, -0.1) is 0 Å². The van der Waals surface area contributed by atoms with Crippen molar-refractivity contribution in [2.45, 2.75) is 112 Å². The average Bonchev–Trinajstić information content (AvgIpc) is 4.06. The lowest BCUT2D eigenvalue weighted by atomic mass is 10.1. The number of fused-ring (bicyclic) bond motifs is 8. The van der Waals surface area contributed by atoms with Gasteiger partial charge in [0.1, 0.15) is 0 Å². The van der Waals surface area contributed by atoms with Gasteiger partial charge < -0.3 is 30.1 Å². The van der Waals surface area contributed by atoms with Crippen molar-refractivity contribution in [1.82, 2.24) is 29.9 Å². The number of aromatic nitrogens is 6. The first-order valence-electron chi connectivity index (χ1n) is 21.5. The molecule has 6 aromatic rings. The summed E-state index contributed by atoms with van der Waals surface area (Å²) in [6.45, 7) is 23.1. The third-order valence-corrected chi connectivity index (χ3v) is 13.6. The van der Waals surface area contributed by atoms with Gasteiger partial charge in [0, 0.05) is 61.9 Å². The molecule has 5 aromatic heterocycles. The number of aliphatic hydroxyl groups excluding tert-OH is 2. The van der Waals surface area contributed by atoms with Crippen LogP contribution in [0, 0.1) is 20.8 Å². The lowest BCUT2D eigenvalue weighted by molar-refractivity contribution is 0.0548. The number of hydrogen-bond acceptors (Lipinski definition) is 7. The van der Waals surface area contributed by atoms with E-state index in [4.69, 9.17) is 19.0 Å². The standard InChI is InChI=1S/C37H41N4O3P.C14H20N2O2/c1-22-27-14-16-29(38-27)23(2)31-18-20-33(40-31)35(34-21-19-32(41-34)24(3)30-17-15-28(22)39-30)25-10-12-26(13-11-25)45(42,43-36(4,5)6)44-37(7,8)9;1-8(11-4-6-13(15-11)9(2)17)12-5-7-14(16-12)10(3)18/h10-21,40-41H,1-9H3;4-10,15-18H,1-3H3. The molecule has 2 aliphatic rings. The molecule has 330 valence electrons. The normalized spacial score (nSPS) is 14.4. The zero-order valence-electron chi connectivity index (χ0n) is 38.4. The highest BCUT2D eigenvalue weighted by molar-refractivity contribution is 7.62. The van der Waals surface area contributed by atoms with E-state index in [0.717, 1.165) is 95.4 Å². The van der Waals surface area contributed by atoms with Gasteiger partial charge in [0.15, 0.2) is 0 Å². The number of H-pyrrole nitrogens is 4. The number of benzene rings is 1. The Balaban J connectivity index is 0.000000276. The molecule has 8 rings (SSSR count). The van der Waals surface area contributed by atoms with Gasteiger partial charge >= 0.3 is 7.60 Å². The molecule has 2 aliphatic heterocycles. The summed E-state index contributed by atoms with van der Waals surface area (Å²) in [5.74, 6) is 0.171. The van der Waals surface area contributed by atoms with Gasteiger partial charge in [0.05, 0.1) is 51.5 Å². The van der Waals surface area contributed by atoms with E-state index in [2.05, 4.69) is 96.2 Å². The minimum absolute atomic E-state index is 0.171. The Labute approximate surface area is 370 Å². The molecule has 0 fully saturated rings. The van der Waals surface area contributed by atoms with Crippen LogP contribution in [-0.2, 0) is 13.6 Å². The third-order valence-electron chi connectivity index (χ3n) is 11.1. The number of rotatable bonds is 8. The Kier molecular flexibility index (Phi) is 12.7. The maximum absolute atomic E-state index is 14.2. The minimum Gasteiger partial charge on any atom is -0.387 e. The summed E-state index contributed by atoms with van der Waals surface area (Å²) in [6.07, 6.45) is 7.27. The van der Waals surface area contributed by atoms with Gasteiger partial charge in [0.25, 0.3) is 0 Å². The molecular formula is C51H61N6O5P. The fourth-order valence-corrected chi connectivity index (χ4v) is 9.82. The second-order valence-electron chi connectivity index (χ2n) is 18.5. The van der Waals surface area contributed by atoms with E-state index in [0.29, 0.717) is 5.30 Å². The number of aromatic amines is 4. The predicted octanol–water partition coefficient (Wildman–Crippen LogP) is 12.3. The fourth-order valence-electron chi connectivity index (χ4n) is 7.62. The monoisotopic (exact) mass is 868 g/mol. The van der Waals surface area contributed by atoms with Crippen LogP contribution in [0.15, 0.2) is 72.8 Å². The van der Waals surface area contributed by atoms with Crippen LogP contribution in [0.1, 0.15) is 143 Å². The molecule has 1 aromatic carbocycles. The van der Waals surface area contributed by atoms with E-state index in [1.54, 1.807) is 13.8 Å². The molecule has 2 unspecified atom stereocenters. The van der Waals surface area contributed by atoms with Crippen molar-refractivity contribution < 1.29 is 23.8 Å². The number of nitrogens with zero attached hydrogens (tertiary/aromatic N) is 2. The first-order chi connectivity index (χ1) is 29.6. The first kappa shape index (κ1) is 45.5. The topological polar surface area (TPSA) is 165 Å². The van der Waals surface area contributed by atoms with Crippen molar-refractivity contribution in [2.75, 3.05) is 0 Å². The lowest BCUT2D eigenvalue weighted by Gasteiger charge is -2.32. The van der Waals surface area contributed by atoms with E-state index in [1.165, 1.54) is 0 Å². The molecule has 8 bridgehead atoms. The van der Waals surface area contributed by atoms with Gasteiger partial charge in [-0.25, -0.2) is 9.97 Å². The molecule has 11 nitrogen and oxygen atoms in total. The van der Waals surface area contributed by atoms with E-state index < -0.39 is 31.0 Å². The quantitative estimate of drug-likeness (QED) is 0.0827. The van der Waals surface area contributed by atoms with Crippen LogP contribution in [0.4, 0.5) is 0 Å². The Bertz CT molecular complexity index is 2740. The van der Waals surface area contributed by atoms with Crippen molar-refractivity contribution >= 4 is 59.3 Å². The maximum Gasteiger partial charge on any atom is 0.362 e. The van der Waals surface area contributed by atoms with Crippen molar-refractivity contribution in [1.29, 1.82) is 0 Å². The Morgan fingerprint density at radius 2 is 0.873 bits per heavy atom. The Morgan fingerprint density at radius 1 is 0.508 bits per heavy atom. The SMILES string of the molecule is CC(O)c1ccc(C(C)c2ccc(C(C)O)[nH]2)[nH]1.Cc1c2nc(c(C)c3ccc([nH]3)c(-c3ccc(P(=O)(OC(C)(C)C)OC(C)(C)C)cc3)c3ccc([nH]3)c(C)c3nc1C=C3)C=C2. The summed E-state index contributed by atoms with van der Waals surface area (Å²) in [4.78, 5) is 23.7.